The van der Waals surface area contributed by atoms with Gasteiger partial charge in [0.15, 0.2) is 11.6 Å². The molecule has 0 radical (unpaired) electrons. The highest BCUT2D eigenvalue weighted by Gasteiger charge is 2.14. The molecule has 0 heterocycles. The highest BCUT2D eigenvalue weighted by molar-refractivity contribution is 9.10. The minimum Gasteiger partial charge on any atom is -0.494 e. The molecule has 1 atom stereocenters. The van der Waals surface area contributed by atoms with Gasteiger partial charge in [-0.15, -0.1) is 0 Å². The Hall–Kier alpha value is -1.14. The van der Waals surface area contributed by atoms with Crippen molar-refractivity contribution < 1.29 is 18.7 Å². The van der Waals surface area contributed by atoms with Gasteiger partial charge in [-0.1, -0.05) is 22.0 Å². The summed E-state index contributed by atoms with van der Waals surface area (Å²) in [6, 6.07) is 4.72. The zero-order valence-corrected chi connectivity index (χ0v) is 11.8. The minimum absolute atomic E-state index is 0.215. The van der Waals surface area contributed by atoms with Crippen molar-refractivity contribution in [2.24, 2.45) is 0 Å². The van der Waals surface area contributed by atoms with Gasteiger partial charge in [0.2, 0.25) is 0 Å². The summed E-state index contributed by atoms with van der Waals surface area (Å²) in [4.78, 5) is 10.7. The van der Waals surface area contributed by atoms with Crippen LogP contribution in [0.25, 0.3) is 0 Å². The number of rotatable bonds is 6. The fourth-order valence-corrected chi connectivity index (χ4v) is 1.79. The number of hydrogen-bond donors (Lipinski definition) is 1. The van der Waals surface area contributed by atoms with Crippen LogP contribution in [0.5, 0.6) is 5.75 Å². The fraction of sp³-hybridized carbons (Fsp3) is 0.417. The molecule has 1 aromatic carbocycles. The lowest BCUT2D eigenvalue weighted by atomic mass is 10.2. The number of esters is 1. The lowest BCUT2D eigenvalue weighted by Gasteiger charge is -2.10. The van der Waals surface area contributed by atoms with Crippen LogP contribution >= 0.6 is 15.9 Å². The standard InChI is InChI=1S/C12H15BrFNO3/c1-17-11-4-3-8(5-10(11)14)6-15-7-9(13)12(16)18-2/h3-5,9,15H,6-7H2,1-2H3. The molecule has 1 rings (SSSR count). The summed E-state index contributed by atoms with van der Waals surface area (Å²) >= 11 is 3.18. The molecule has 100 valence electrons. The minimum atomic E-state index is -0.411. The van der Waals surface area contributed by atoms with Crippen molar-refractivity contribution in [2.75, 3.05) is 20.8 Å². The number of carbonyl (C=O) groups excluding carboxylic acids is 1. The van der Waals surface area contributed by atoms with E-state index in [0.717, 1.165) is 5.56 Å². The lowest BCUT2D eigenvalue weighted by molar-refractivity contribution is -0.139. The number of nitrogens with one attached hydrogen (secondary N) is 1. The number of carbonyl (C=O) groups is 1. The quantitative estimate of drug-likeness (QED) is 0.642. The predicted octanol–water partition coefficient (Wildman–Crippen LogP) is 1.86. The summed E-state index contributed by atoms with van der Waals surface area (Å²) in [5.41, 5.74) is 0.776. The molecule has 1 aromatic rings. The first-order chi connectivity index (χ1) is 8.58. The molecule has 0 fully saturated rings. The normalized spacial score (nSPS) is 12.0. The molecule has 0 bridgehead atoms. The summed E-state index contributed by atoms with van der Waals surface area (Å²) in [5, 5.41) is 3.03. The van der Waals surface area contributed by atoms with E-state index < -0.39 is 10.6 Å². The average molecular weight is 320 g/mol. The first kappa shape index (κ1) is 14.9. The number of hydrogen-bond acceptors (Lipinski definition) is 4. The van der Waals surface area contributed by atoms with Gasteiger partial charge in [0, 0.05) is 13.1 Å². The van der Waals surface area contributed by atoms with Gasteiger partial charge in [-0.3, -0.25) is 4.79 Å². The molecule has 6 heteroatoms. The Kier molecular flexibility index (Phi) is 6.07. The molecule has 1 N–H and O–H groups in total. The van der Waals surface area contributed by atoms with E-state index >= 15 is 0 Å². The molecule has 18 heavy (non-hydrogen) atoms. The second kappa shape index (κ2) is 7.33. The second-order valence-corrected chi connectivity index (χ2v) is 4.70. The van der Waals surface area contributed by atoms with Crippen molar-refractivity contribution in [3.05, 3.63) is 29.6 Å². The molecular formula is C12H15BrFNO3. The third-order valence-corrected chi connectivity index (χ3v) is 3.02. The van der Waals surface area contributed by atoms with Crippen LogP contribution in [0.2, 0.25) is 0 Å². The van der Waals surface area contributed by atoms with Crippen molar-refractivity contribution in [1.29, 1.82) is 0 Å². The Morgan fingerprint density at radius 2 is 2.22 bits per heavy atom. The highest BCUT2D eigenvalue weighted by atomic mass is 79.9. The van der Waals surface area contributed by atoms with Crippen LogP contribution in [0.4, 0.5) is 4.39 Å². The smallest absolute Gasteiger partial charge is 0.320 e. The second-order valence-electron chi connectivity index (χ2n) is 3.59. The average Bonchev–Trinajstić information content (AvgIpc) is 2.37. The van der Waals surface area contributed by atoms with Gasteiger partial charge in [0.25, 0.3) is 0 Å². The van der Waals surface area contributed by atoms with Gasteiger partial charge >= 0.3 is 5.97 Å². The Morgan fingerprint density at radius 3 is 2.78 bits per heavy atom. The molecule has 0 aromatic heterocycles. The first-order valence-electron chi connectivity index (χ1n) is 5.33. The number of methoxy groups -OCH3 is 2. The Morgan fingerprint density at radius 1 is 1.50 bits per heavy atom. The van der Waals surface area contributed by atoms with E-state index in [1.54, 1.807) is 12.1 Å². The van der Waals surface area contributed by atoms with Crippen LogP contribution in [0.1, 0.15) is 5.56 Å². The first-order valence-corrected chi connectivity index (χ1v) is 6.25. The van der Waals surface area contributed by atoms with Crippen LogP contribution in [0, 0.1) is 5.82 Å². The summed E-state index contributed by atoms with van der Waals surface area (Å²) in [5.74, 6) is -0.532. The molecule has 0 aliphatic rings. The maximum Gasteiger partial charge on any atom is 0.320 e. The molecule has 0 saturated heterocycles. The van der Waals surface area contributed by atoms with Crippen LogP contribution < -0.4 is 10.1 Å². The zero-order valence-electron chi connectivity index (χ0n) is 10.2. The maximum atomic E-state index is 13.4. The summed E-state index contributed by atoms with van der Waals surface area (Å²) in [7, 11) is 2.75. The lowest BCUT2D eigenvalue weighted by Crippen LogP contribution is -2.29. The molecule has 4 nitrogen and oxygen atoms in total. The SMILES string of the molecule is COC(=O)C(Br)CNCc1ccc(OC)c(F)c1. The van der Waals surface area contributed by atoms with Crippen LogP contribution in [-0.2, 0) is 16.1 Å². The largest absolute Gasteiger partial charge is 0.494 e. The third kappa shape index (κ3) is 4.27. The summed E-state index contributed by atoms with van der Waals surface area (Å²) < 4.78 is 22.8. The molecule has 0 aliphatic carbocycles. The predicted molar refractivity (Wildman–Crippen MR) is 69.4 cm³/mol. The number of alkyl halides is 1. The number of ether oxygens (including phenoxy) is 2. The number of halogens is 2. The van der Waals surface area contributed by atoms with Gasteiger partial charge < -0.3 is 14.8 Å². The molecular weight excluding hydrogens is 305 g/mol. The van der Waals surface area contributed by atoms with E-state index in [1.165, 1.54) is 20.3 Å². The summed E-state index contributed by atoms with van der Waals surface area (Å²) in [6.07, 6.45) is 0. The van der Waals surface area contributed by atoms with Crippen LogP contribution in [-0.4, -0.2) is 31.6 Å². The Balaban J connectivity index is 2.44. The Bertz CT molecular complexity index is 414. The van der Waals surface area contributed by atoms with E-state index in [0.29, 0.717) is 13.1 Å². The van der Waals surface area contributed by atoms with Gasteiger partial charge in [-0.25, -0.2) is 4.39 Å². The van der Waals surface area contributed by atoms with Crippen LogP contribution in [0.15, 0.2) is 18.2 Å². The highest BCUT2D eigenvalue weighted by Crippen LogP contribution is 2.17. The van der Waals surface area contributed by atoms with Crippen molar-refractivity contribution in [3.63, 3.8) is 0 Å². The third-order valence-electron chi connectivity index (χ3n) is 2.33. The monoisotopic (exact) mass is 319 g/mol. The van der Waals surface area contributed by atoms with Gasteiger partial charge in [-0.05, 0) is 17.7 Å². The molecule has 0 aliphatic heterocycles. The van der Waals surface area contributed by atoms with E-state index in [4.69, 9.17) is 4.74 Å². The van der Waals surface area contributed by atoms with Crippen LogP contribution in [0.3, 0.4) is 0 Å². The molecule has 0 saturated carbocycles. The topological polar surface area (TPSA) is 47.6 Å². The van der Waals surface area contributed by atoms with E-state index in [-0.39, 0.29) is 11.7 Å². The Labute approximate surface area is 114 Å². The van der Waals surface area contributed by atoms with Crippen molar-refractivity contribution in [2.45, 2.75) is 11.4 Å². The zero-order chi connectivity index (χ0) is 13.5. The summed E-state index contributed by atoms with van der Waals surface area (Å²) in [6.45, 7) is 0.861. The van der Waals surface area contributed by atoms with Gasteiger partial charge in [0.1, 0.15) is 4.83 Å². The fourth-order valence-electron chi connectivity index (χ4n) is 1.37. The van der Waals surface area contributed by atoms with Crippen molar-refractivity contribution >= 4 is 21.9 Å². The van der Waals surface area contributed by atoms with Gasteiger partial charge in [0.05, 0.1) is 14.2 Å². The van der Waals surface area contributed by atoms with Crippen molar-refractivity contribution in [1.82, 2.24) is 5.32 Å². The van der Waals surface area contributed by atoms with Gasteiger partial charge in [-0.2, -0.15) is 0 Å². The molecule has 1 unspecified atom stereocenters. The van der Waals surface area contributed by atoms with E-state index in [1.807, 2.05) is 0 Å². The number of benzene rings is 1. The molecule has 0 amide bonds. The van der Waals surface area contributed by atoms with E-state index in [9.17, 15) is 9.18 Å². The maximum absolute atomic E-state index is 13.4. The molecule has 0 spiro atoms. The van der Waals surface area contributed by atoms with Crippen molar-refractivity contribution in [3.8, 4) is 5.75 Å². The van der Waals surface area contributed by atoms with E-state index in [2.05, 4.69) is 26.0 Å².